The second-order valence-corrected chi connectivity index (χ2v) is 5.33. The minimum absolute atomic E-state index is 0.00510. The van der Waals surface area contributed by atoms with Crippen molar-refractivity contribution < 1.29 is 15.0 Å². The molecule has 2 aromatic carbocycles. The number of aromatic hydroxyl groups is 1. The lowest BCUT2D eigenvalue weighted by atomic mass is 9.89. The number of carbonyl (C=O) groups is 1. The van der Waals surface area contributed by atoms with E-state index in [1.165, 1.54) is 0 Å². The number of phenolic OH excluding ortho intramolecular Hbond substituents is 1. The lowest BCUT2D eigenvalue weighted by Gasteiger charge is -2.15. The van der Waals surface area contributed by atoms with Gasteiger partial charge in [0, 0.05) is 0 Å². The maximum Gasteiger partial charge on any atom is 0.303 e. The quantitative estimate of drug-likeness (QED) is 0.880. The van der Waals surface area contributed by atoms with Gasteiger partial charge in [0.1, 0.15) is 5.75 Å². The van der Waals surface area contributed by atoms with Gasteiger partial charge in [-0.2, -0.15) is 0 Å². The first kappa shape index (κ1) is 12.7. The summed E-state index contributed by atoms with van der Waals surface area (Å²) < 4.78 is 0. The van der Waals surface area contributed by atoms with Crippen molar-refractivity contribution in [3.8, 4) is 5.75 Å². The first-order chi connectivity index (χ1) is 9.63. The Morgan fingerprint density at radius 3 is 2.70 bits per heavy atom. The molecule has 3 heteroatoms. The highest BCUT2D eigenvalue weighted by atomic mass is 16.4. The highest BCUT2D eigenvalue weighted by Crippen LogP contribution is 2.35. The van der Waals surface area contributed by atoms with Crippen molar-refractivity contribution in [3.63, 3.8) is 0 Å². The highest BCUT2D eigenvalue weighted by molar-refractivity contribution is 5.68. The molecule has 0 aromatic heterocycles. The van der Waals surface area contributed by atoms with E-state index in [2.05, 4.69) is 0 Å². The second-order valence-electron chi connectivity index (χ2n) is 5.33. The minimum Gasteiger partial charge on any atom is -0.508 e. The smallest absolute Gasteiger partial charge is 0.303 e. The molecule has 0 spiro atoms. The summed E-state index contributed by atoms with van der Waals surface area (Å²) in [6.07, 6.45) is 1.59. The Morgan fingerprint density at radius 2 is 1.90 bits per heavy atom. The average molecular weight is 268 g/mol. The fourth-order valence-corrected chi connectivity index (χ4v) is 3.04. The first-order valence-corrected chi connectivity index (χ1v) is 6.74. The third kappa shape index (κ3) is 2.39. The fraction of sp³-hybridized carbons (Fsp3) is 0.235. The Balaban J connectivity index is 2.09. The summed E-state index contributed by atoms with van der Waals surface area (Å²) in [6, 6.07) is 13.4. The van der Waals surface area contributed by atoms with Crippen molar-refractivity contribution >= 4 is 5.97 Å². The monoisotopic (exact) mass is 268 g/mol. The maximum absolute atomic E-state index is 11.1. The van der Waals surface area contributed by atoms with Crippen molar-refractivity contribution in [2.45, 2.75) is 25.2 Å². The molecule has 102 valence electrons. The zero-order valence-electron chi connectivity index (χ0n) is 11.0. The van der Waals surface area contributed by atoms with Crippen LogP contribution in [0.4, 0.5) is 0 Å². The molecule has 3 nitrogen and oxygen atoms in total. The highest BCUT2D eigenvalue weighted by Gasteiger charge is 2.23. The van der Waals surface area contributed by atoms with E-state index in [-0.39, 0.29) is 18.1 Å². The van der Waals surface area contributed by atoms with Crippen LogP contribution < -0.4 is 0 Å². The van der Waals surface area contributed by atoms with Crippen LogP contribution in [0.1, 0.15) is 34.6 Å². The Hall–Kier alpha value is -2.29. The molecule has 1 unspecified atom stereocenters. The SMILES string of the molecule is O=C(O)CC1Cc2ccc(O)cc2Cc2ccccc21. The number of aliphatic carboxylic acids is 1. The number of carboxylic acid groups (broad SMARTS) is 1. The standard InChI is InChI=1S/C17H16O3/c18-15-6-5-11-7-14(10-17(19)20)16-4-2-1-3-12(16)8-13(11)9-15/h1-6,9,14,18H,7-8,10H2,(H,19,20). The molecule has 1 atom stereocenters. The van der Waals surface area contributed by atoms with Gasteiger partial charge in [0.25, 0.3) is 0 Å². The Bertz CT molecular complexity index is 661. The van der Waals surface area contributed by atoms with E-state index in [0.717, 1.165) is 28.7 Å². The van der Waals surface area contributed by atoms with Crippen LogP contribution in [0.3, 0.4) is 0 Å². The lowest BCUT2D eigenvalue weighted by molar-refractivity contribution is -0.137. The fourth-order valence-electron chi connectivity index (χ4n) is 3.04. The Labute approximate surface area is 117 Å². The van der Waals surface area contributed by atoms with E-state index < -0.39 is 5.97 Å². The van der Waals surface area contributed by atoms with Gasteiger partial charge in [0.15, 0.2) is 0 Å². The molecule has 0 fully saturated rings. The van der Waals surface area contributed by atoms with Gasteiger partial charge in [0.05, 0.1) is 6.42 Å². The van der Waals surface area contributed by atoms with Gasteiger partial charge in [-0.05, 0) is 53.1 Å². The number of fused-ring (bicyclic) bond motifs is 2. The van der Waals surface area contributed by atoms with Crippen LogP contribution in [0.2, 0.25) is 0 Å². The number of benzene rings is 2. The van der Waals surface area contributed by atoms with Gasteiger partial charge in [0.2, 0.25) is 0 Å². The van der Waals surface area contributed by atoms with Crippen LogP contribution in [0.25, 0.3) is 0 Å². The number of hydrogen-bond acceptors (Lipinski definition) is 2. The molecule has 3 rings (SSSR count). The third-order valence-electron chi connectivity index (χ3n) is 3.95. The summed E-state index contributed by atoms with van der Waals surface area (Å²) in [6.45, 7) is 0. The molecule has 2 N–H and O–H groups in total. The summed E-state index contributed by atoms with van der Waals surface area (Å²) >= 11 is 0. The Kier molecular flexibility index (Phi) is 3.18. The first-order valence-electron chi connectivity index (χ1n) is 6.74. The van der Waals surface area contributed by atoms with E-state index in [9.17, 15) is 9.90 Å². The molecule has 0 amide bonds. The number of hydrogen-bond donors (Lipinski definition) is 2. The van der Waals surface area contributed by atoms with Crippen LogP contribution in [0.15, 0.2) is 42.5 Å². The molecule has 0 heterocycles. The largest absolute Gasteiger partial charge is 0.508 e. The van der Waals surface area contributed by atoms with Gasteiger partial charge in [-0.3, -0.25) is 4.79 Å². The third-order valence-corrected chi connectivity index (χ3v) is 3.95. The average Bonchev–Trinajstić information content (AvgIpc) is 2.55. The molecule has 1 aliphatic rings. The van der Waals surface area contributed by atoms with Gasteiger partial charge < -0.3 is 10.2 Å². The lowest BCUT2D eigenvalue weighted by Crippen LogP contribution is -2.09. The molecule has 2 aromatic rings. The molecule has 0 saturated heterocycles. The molecule has 1 aliphatic carbocycles. The van der Waals surface area contributed by atoms with Crippen LogP contribution in [-0.2, 0) is 17.6 Å². The van der Waals surface area contributed by atoms with Gasteiger partial charge >= 0.3 is 5.97 Å². The van der Waals surface area contributed by atoms with Gasteiger partial charge in [-0.25, -0.2) is 0 Å². The van der Waals surface area contributed by atoms with Crippen molar-refractivity contribution in [3.05, 3.63) is 64.7 Å². The molecule has 0 bridgehead atoms. The van der Waals surface area contributed by atoms with Crippen LogP contribution in [0.5, 0.6) is 5.75 Å². The molecular formula is C17H16O3. The van der Waals surface area contributed by atoms with Crippen LogP contribution >= 0.6 is 0 Å². The van der Waals surface area contributed by atoms with E-state index in [4.69, 9.17) is 5.11 Å². The van der Waals surface area contributed by atoms with E-state index in [1.54, 1.807) is 12.1 Å². The topological polar surface area (TPSA) is 57.5 Å². The van der Waals surface area contributed by atoms with E-state index in [0.29, 0.717) is 6.42 Å². The normalized spacial score (nSPS) is 16.9. The summed E-state index contributed by atoms with van der Waals surface area (Å²) in [5.41, 5.74) is 4.49. The molecule has 0 aliphatic heterocycles. The summed E-state index contributed by atoms with van der Waals surface area (Å²) in [5.74, 6) is -0.514. The van der Waals surface area contributed by atoms with Crippen molar-refractivity contribution in [1.82, 2.24) is 0 Å². The number of rotatable bonds is 2. The predicted octanol–water partition coefficient (Wildman–Crippen LogP) is 3.10. The van der Waals surface area contributed by atoms with Crippen molar-refractivity contribution in [1.29, 1.82) is 0 Å². The molecule has 0 radical (unpaired) electrons. The summed E-state index contributed by atoms with van der Waals surface area (Å²) in [7, 11) is 0. The van der Waals surface area contributed by atoms with E-state index >= 15 is 0 Å². The Morgan fingerprint density at radius 1 is 1.10 bits per heavy atom. The maximum atomic E-state index is 11.1. The molecule has 0 saturated carbocycles. The predicted molar refractivity (Wildman–Crippen MR) is 76.1 cm³/mol. The number of carboxylic acids is 1. The van der Waals surface area contributed by atoms with E-state index in [1.807, 2.05) is 30.3 Å². The minimum atomic E-state index is -0.771. The second kappa shape index (κ2) is 5.00. The van der Waals surface area contributed by atoms with Crippen LogP contribution in [-0.4, -0.2) is 16.2 Å². The van der Waals surface area contributed by atoms with Gasteiger partial charge in [-0.15, -0.1) is 0 Å². The number of phenols is 1. The summed E-state index contributed by atoms with van der Waals surface area (Å²) in [4.78, 5) is 11.1. The van der Waals surface area contributed by atoms with Gasteiger partial charge in [-0.1, -0.05) is 30.3 Å². The van der Waals surface area contributed by atoms with Crippen molar-refractivity contribution in [2.75, 3.05) is 0 Å². The molecule has 20 heavy (non-hydrogen) atoms. The zero-order valence-corrected chi connectivity index (χ0v) is 11.0. The van der Waals surface area contributed by atoms with Crippen LogP contribution in [0, 0.1) is 0 Å². The van der Waals surface area contributed by atoms with Crippen molar-refractivity contribution in [2.24, 2.45) is 0 Å². The molecular weight excluding hydrogens is 252 g/mol. The zero-order chi connectivity index (χ0) is 14.1. The summed E-state index contributed by atoms with van der Waals surface area (Å²) in [5, 5.41) is 18.8.